The van der Waals surface area contributed by atoms with Crippen molar-refractivity contribution in [3.05, 3.63) is 76.0 Å². The molecule has 2 aromatic carbocycles. The summed E-state index contributed by atoms with van der Waals surface area (Å²) in [5.41, 5.74) is 3.71. The Kier molecular flexibility index (Phi) is 10.7. The Morgan fingerprint density at radius 1 is 1.15 bits per heavy atom. The van der Waals surface area contributed by atoms with Crippen LogP contribution < -0.4 is 25.0 Å². The van der Waals surface area contributed by atoms with Gasteiger partial charge in [-0.05, 0) is 55.3 Å². The Labute approximate surface area is 242 Å². The van der Waals surface area contributed by atoms with Crippen LogP contribution in [0.3, 0.4) is 0 Å². The largest absolute Gasteiger partial charge is 0.496 e. The molecule has 1 aromatic heterocycles. The highest BCUT2D eigenvalue weighted by atomic mass is 32.3. The van der Waals surface area contributed by atoms with Crippen LogP contribution in [0.25, 0.3) is 0 Å². The number of methoxy groups -OCH3 is 1. The number of hydrogen-bond donors (Lipinski definition) is 6. The van der Waals surface area contributed by atoms with Crippen molar-refractivity contribution in [3.8, 4) is 5.75 Å². The zero-order valence-corrected chi connectivity index (χ0v) is 24.6. The third-order valence-electron chi connectivity index (χ3n) is 6.90. The van der Waals surface area contributed by atoms with Crippen molar-refractivity contribution in [2.45, 2.75) is 44.9 Å². The summed E-state index contributed by atoms with van der Waals surface area (Å²) >= 11 is 1.56. The molecule has 0 bridgehead atoms. The first kappa shape index (κ1) is 30.2. The van der Waals surface area contributed by atoms with E-state index in [0.29, 0.717) is 43.1 Å². The normalized spacial score (nSPS) is 17.1. The molecular weight excluding hydrogens is 548 g/mol. The number of carbonyl (C=O) groups is 1. The predicted octanol–water partition coefficient (Wildman–Crippen LogP) is 4.95. The number of anilines is 2. The van der Waals surface area contributed by atoms with E-state index in [1.807, 2.05) is 54.1 Å². The summed E-state index contributed by atoms with van der Waals surface area (Å²) in [7, 11) is -1.31. The SMILES string of the molecule is CCNc1cc(C(=O)N[C@@H](Cc2ccccc2)[C@@H](O)CNCc2cscc2OC)cc(N2CCCCS2(O)O)c1. The van der Waals surface area contributed by atoms with E-state index in [9.17, 15) is 19.0 Å². The smallest absolute Gasteiger partial charge is 0.251 e. The summed E-state index contributed by atoms with van der Waals surface area (Å²) in [6.07, 6.45) is 1.19. The molecule has 3 aromatic rings. The summed E-state index contributed by atoms with van der Waals surface area (Å²) in [5, 5.41) is 24.7. The number of rotatable bonds is 13. The van der Waals surface area contributed by atoms with E-state index in [4.69, 9.17) is 4.74 Å². The maximum Gasteiger partial charge on any atom is 0.251 e. The van der Waals surface area contributed by atoms with Crippen molar-refractivity contribution in [3.63, 3.8) is 0 Å². The van der Waals surface area contributed by atoms with Crippen LogP contribution in [0.1, 0.15) is 41.3 Å². The van der Waals surface area contributed by atoms with Gasteiger partial charge in [0.2, 0.25) is 0 Å². The van der Waals surface area contributed by atoms with Crippen LogP contribution in [0.4, 0.5) is 11.4 Å². The van der Waals surface area contributed by atoms with Gasteiger partial charge in [0.25, 0.3) is 5.91 Å². The number of aliphatic hydroxyl groups excluding tert-OH is 1. The molecule has 1 fully saturated rings. The average Bonchev–Trinajstić information content (AvgIpc) is 3.40. The number of ether oxygens (including phenoxy) is 1. The molecule has 0 radical (unpaired) electrons. The van der Waals surface area contributed by atoms with Crippen molar-refractivity contribution in [2.75, 3.05) is 42.1 Å². The lowest BCUT2D eigenvalue weighted by Crippen LogP contribution is -2.48. The lowest BCUT2D eigenvalue weighted by atomic mass is 10.00. The van der Waals surface area contributed by atoms with Crippen LogP contribution in [-0.2, 0) is 13.0 Å². The van der Waals surface area contributed by atoms with E-state index < -0.39 is 22.9 Å². The average molecular weight is 589 g/mol. The standard InChI is InChI=1S/C29H40N4O5S2/c1-3-31-24-14-22(15-25(16-24)33-11-7-8-12-40(33,36)37)29(35)32-26(13-21-9-5-4-6-10-21)27(34)18-30-17-23-19-39-20-28(23)38-2/h4-6,9-10,14-16,19-20,26-27,30-31,34,36-37H,3,7-8,11-13,17-18H2,1-2H3,(H,32,35)/t26-,27-/m0/s1. The van der Waals surface area contributed by atoms with Crippen LogP contribution in [0.2, 0.25) is 0 Å². The molecule has 1 aliphatic heterocycles. The minimum Gasteiger partial charge on any atom is -0.496 e. The molecule has 0 aliphatic carbocycles. The second kappa shape index (κ2) is 14.2. The quantitative estimate of drug-likeness (QED) is 0.166. The molecule has 0 unspecified atom stereocenters. The number of amides is 1. The van der Waals surface area contributed by atoms with Crippen LogP contribution in [0.5, 0.6) is 5.75 Å². The first-order chi connectivity index (χ1) is 19.3. The van der Waals surface area contributed by atoms with Gasteiger partial charge in [-0.15, -0.1) is 22.1 Å². The van der Waals surface area contributed by atoms with E-state index in [1.54, 1.807) is 34.9 Å². The van der Waals surface area contributed by atoms with Crippen LogP contribution in [-0.4, -0.2) is 64.8 Å². The molecule has 2 heterocycles. The molecule has 0 saturated carbocycles. The number of aliphatic hydroxyl groups is 1. The molecular formula is C29H40N4O5S2. The molecule has 4 rings (SSSR count). The van der Waals surface area contributed by atoms with Crippen LogP contribution >= 0.6 is 22.1 Å². The minimum atomic E-state index is -2.94. The topological polar surface area (TPSA) is 126 Å². The molecule has 6 N–H and O–H groups in total. The van der Waals surface area contributed by atoms with Gasteiger partial charge in [-0.3, -0.25) is 18.2 Å². The number of hydrogen-bond acceptors (Lipinski definition) is 9. The van der Waals surface area contributed by atoms with Crippen molar-refractivity contribution in [2.24, 2.45) is 0 Å². The van der Waals surface area contributed by atoms with Crippen molar-refractivity contribution in [1.29, 1.82) is 0 Å². The highest BCUT2D eigenvalue weighted by molar-refractivity contribution is 8.25. The number of carbonyl (C=O) groups excluding carboxylic acids is 1. The summed E-state index contributed by atoms with van der Waals surface area (Å²) in [6, 6.07) is 14.5. The predicted molar refractivity (Wildman–Crippen MR) is 165 cm³/mol. The number of nitrogens with zero attached hydrogens (tertiary/aromatic N) is 1. The molecule has 218 valence electrons. The first-order valence-corrected chi connectivity index (χ1v) is 16.2. The number of thiophene rings is 1. The zero-order valence-electron chi connectivity index (χ0n) is 23.0. The lowest BCUT2D eigenvalue weighted by Gasteiger charge is -2.47. The van der Waals surface area contributed by atoms with E-state index in [2.05, 4.69) is 16.0 Å². The summed E-state index contributed by atoms with van der Waals surface area (Å²) < 4.78 is 28.4. The number of benzene rings is 2. The van der Waals surface area contributed by atoms with Crippen LogP contribution in [0, 0.1) is 0 Å². The van der Waals surface area contributed by atoms with Gasteiger partial charge >= 0.3 is 0 Å². The molecule has 9 nitrogen and oxygen atoms in total. The third kappa shape index (κ3) is 7.90. The fourth-order valence-corrected chi connectivity index (χ4v) is 7.30. The summed E-state index contributed by atoms with van der Waals surface area (Å²) in [4.78, 5) is 13.6. The molecule has 0 spiro atoms. The van der Waals surface area contributed by atoms with Gasteiger partial charge in [0.05, 0.1) is 30.7 Å². The second-order valence-electron chi connectivity index (χ2n) is 9.88. The first-order valence-electron chi connectivity index (χ1n) is 13.6. The number of nitrogens with one attached hydrogen (secondary N) is 3. The molecule has 1 amide bonds. The van der Waals surface area contributed by atoms with Crippen molar-refractivity contribution >= 4 is 39.4 Å². The zero-order chi connectivity index (χ0) is 28.5. The van der Waals surface area contributed by atoms with E-state index >= 15 is 0 Å². The van der Waals surface area contributed by atoms with Crippen LogP contribution in [0.15, 0.2) is 59.3 Å². The van der Waals surface area contributed by atoms with Gasteiger partial charge in [0.15, 0.2) is 0 Å². The molecule has 1 aliphatic rings. The Morgan fingerprint density at radius 2 is 1.95 bits per heavy atom. The minimum absolute atomic E-state index is 0.272. The van der Waals surface area contributed by atoms with Crippen molar-refractivity contribution < 1.29 is 23.7 Å². The van der Waals surface area contributed by atoms with Crippen molar-refractivity contribution in [1.82, 2.24) is 10.6 Å². The molecule has 1 saturated heterocycles. The van der Waals surface area contributed by atoms with Gasteiger partial charge < -0.3 is 25.8 Å². The maximum atomic E-state index is 13.6. The Hall–Kier alpha value is -2.80. The van der Waals surface area contributed by atoms with Gasteiger partial charge in [-0.2, -0.15) is 0 Å². The van der Waals surface area contributed by atoms with Gasteiger partial charge in [0, 0.05) is 48.4 Å². The van der Waals surface area contributed by atoms with Gasteiger partial charge in [0.1, 0.15) is 5.75 Å². The van der Waals surface area contributed by atoms with E-state index in [0.717, 1.165) is 35.4 Å². The Bertz CT molecular complexity index is 1240. The highest BCUT2D eigenvalue weighted by Gasteiger charge is 2.28. The van der Waals surface area contributed by atoms with Gasteiger partial charge in [-0.25, -0.2) is 0 Å². The van der Waals surface area contributed by atoms with E-state index in [-0.39, 0.29) is 12.5 Å². The molecule has 11 heteroatoms. The van der Waals surface area contributed by atoms with Gasteiger partial charge in [-0.1, -0.05) is 30.3 Å². The molecule has 2 atom stereocenters. The summed E-state index contributed by atoms with van der Waals surface area (Å²) in [6.45, 7) is 3.93. The Balaban J connectivity index is 1.53. The highest BCUT2D eigenvalue weighted by Crippen LogP contribution is 2.50. The monoisotopic (exact) mass is 588 g/mol. The van der Waals surface area contributed by atoms with E-state index in [1.165, 1.54) is 0 Å². The third-order valence-corrected chi connectivity index (χ3v) is 9.61. The fraction of sp³-hybridized carbons (Fsp3) is 0.414. The second-order valence-corrected chi connectivity index (χ2v) is 12.7. The fourth-order valence-electron chi connectivity index (χ4n) is 4.82. The maximum absolute atomic E-state index is 13.6. The summed E-state index contributed by atoms with van der Waals surface area (Å²) in [5.74, 6) is 0.784. The Morgan fingerprint density at radius 3 is 2.67 bits per heavy atom. The molecule has 40 heavy (non-hydrogen) atoms. The lowest BCUT2D eigenvalue weighted by molar-refractivity contribution is 0.0830.